The van der Waals surface area contributed by atoms with Crippen LogP contribution in [0.5, 0.6) is 5.75 Å². The number of hydrogen-bond acceptors (Lipinski definition) is 8. The van der Waals surface area contributed by atoms with Gasteiger partial charge in [0, 0.05) is 6.08 Å². The van der Waals surface area contributed by atoms with E-state index in [2.05, 4.69) is 16.2 Å². The minimum atomic E-state index is -0.606. The van der Waals surface area contributed by atoms with E-state index in [9.17, 15) is 14.4 Å². The molecule has 0 amide bonds. The molecule has 0 heterocycles. The molecule has 0 saturated heterocycles. The summed E-state index contributed by atoms with van der Waals surface area (Å²) in [7, 11) is 0. The zero-order valence-corrected chi connectivity index (χ0v) is 13.8. The van der Waals surface area contributed by atoms with Crippen molar-refractivity contribution in [3.8, 4) is 5.75 Å². The van der Waals surface area contributed by atoms with Crippen LogP contribution in [-0.4, -0.2) is 36.4 Å². The Labute approximate surface area is 144 Å². The average Bonchev–Trinajstić information content (AvgIpc) is 2.63. The molecule has 0 aromatic heterocycles. The van der Waals surface area contributed by atoms with E-state index in [4.69, 9.17) is 14.7 Å². The van der Waals surface area contributed by atoms with Crippen LogP contribution in [0.3, 0.4) is 0 Å². The average molecular weight is 352 g/mol. The zero-order chi connectivity index (χ0) is 18.7. The third-order valence-corrected chi connectivity index (χ3v) is 3.03. The van der Waals surface area contributed by atoms with Crippen LogP contribution in [-0.2, 0) is 28.7 Å². The summed E-state index contributed by atoms with van der Waals surface area (Å²) >= 11 is 0. The molecule has 0 aliphatic heterocycles. The maximum absolute atomic E-state index is 11.7. The molecular weight excluding hydrogens is 332 g/mol. The molecule has 1 rings (SSSR count). The largest absolute Gasteiger partial charge is 0.462 e. The smallest absolute Gasteiger partial charge is 0.330 e. The minimum Gasteiger partial charge on any atom is -0.462 e. The number of benzene rings is 1. The van der Waals surface area contributed by atoms with Crippen LogP contribution in [0.15, 0.2) is 36.9 Å². The van der Waals surface area contributed by atoms with Gasteiger partial charge in [0.15, 0.2) is 0 Å². The Morgan fingerprint density at radius 2 is 1.68 bits per heavy atom. The standard InChI is InChI=1S/C17H20O8/c1-3-15(18)22-10-11-23-16(19)8-9-17(20)24-14-6-4-13(5-7-14)12(2)25-21/h3-7,12,21H,1,8-11H2,2H3/t12-/m0/s1. The number of carbonyl (C=O) groups is 3. The minimum absolute atomic E-state index is 0.0800. The molecule has 0 saturated carbocycles. The van der Waals surface area contributed by atoms with Gasteiger partial charge >= 0.3 is 17.9 Å². The van der Waals surface area contributed by atoms with Gasteiger partial charge in [0.2, 0.25) is 0 Å². The van der Waals surface area contributed by atoms with Crippen molar-refractivity contribution in [3.05, 3.63) is 42.5 Å². The highest BCUT2D eigenvalue weighted by Gasteiger charge is 2.11. The van der Waals surface area contributed by atoms with Gasteiger partial charge in [0.1, 0.15) is 25.1 Å². The van der Waals surface area contributed by atoms with Gasteiger partial charge in [-0.3, -0.25) is 14.8 Å². The lowest BCUT2D eigenvalue weighted by Crippen LogP contribution is -2.15. The first-order chi connectivity index (χ1) is 12.0. The van der Waals surface area contributed by atoms with Gasteiger partial charge < -0.3 is 14.2 Å². The van der Waals surface area contributed by atoms with Gasteiger partial charge in [-0.25, -0.2) is 9.68 Å². The van der Waals surface area contributed by atoms with Crippen molar-refractivity contribution in [2.24, 2.45) is 0 Å². The lowest BCUT2D eigenvalue weighted by Gasteiger charge is -2.09. The second-order valence-corrected chi connectivity index (χ2v) is 4.88. The molecule has 0 spiro atoms. The molecule has 1 aromatic carbocycles. The maximum atomic E-state index is 11.7. The molecule has 8 heteroatoms. The monoisotopic (exact) mass is 352 g/mol. The maximum Gasteiger partial charge on any atom is 0.330 e. The van der Waals surface area contributed by atoms with E-state index in [1.807, 2.05) is 0 Å². The van der Waals surface area contributed by atoms with Crippen LogP contribution in [0, 0.1) is 0 Å². The van der Waals surface area contributed by atoms with Crippen molar-refractivity contribution in [3.63, 3.8) is 0 Å². The first-order valence-corrected chi connectivity index (χ1v) is 7.52. The fraction of sp³-hybridized carbons (Fsp3) is 0.353. The molecular formula is C17H20O8. The number of carbonyl (C=O) groups excluding carboxylic acids is 3. The summed E-state index contributed by atoms with van der Waals surface area (Å²) in [5.74, 6) is -1.49. The number of hydrogen-bond donors (Lipinski definition) is 1. The predicted octanol–water partition coefficient (Wildman–Crippen LogP) is 2.20. The topological polar surface area (TPSA) is 108 Å². The van der Waals surface area contributed by atoms with Crippen LogP contribution >= 0.6 is 0 Å². The molecule has 0 unspecified atom stereocenters. The Hall–Kier alpha value is -2.71. The molecule has 1 aromatic rings. The molecule has 0 radical (unpaired) electrons. The van der Waals surface area contributed by atoms with Crippen LogP contribution in [0.4, 0.5) is 0 Å². The second kappa shape index (κ2) is 11.0. The quantitative estimate of drug-likeness (QED) is 0.170. The molecule has 136 valence electrons. The first-order valence-electron chi connectivity index (χ1n) is 7.52. The summed E-state index contributed by atoms with van der Waals surface area (Å²) in [5, 5.41) is 8.58. The lowest BCUT2D eigenvalue weighted by molar-refractivity contribution is -0.277. The van der Waals surface area contributed by atoms with Crippen molar-refractivity contribution in [1.82, 2.24) is 0 Å². The molecule has 1 N–H and O–H groups in total. The first kappa shape index (κ1) is 20.3. The number of rotatable bonds is 10. The third kappa shape index (κ3) is 8.09. The van der Waals surface area contributed by atoms with Crippen LogP contribution in [0.1, 0.15) is 31.4 Å². The van der Waals surface area contributed by atoms with E-state index < -0.39 is 24.0 Å². The van der Waals surface area contributed by atoms with Crippen molar-refractivity contribution < 1.29 is 38.7 Å². The van der Waals surface area contributed by atoms with Gasteiger partial charge in [-0.1, -0.05) is 18.7 Å². The second-order valence-electron chi connectivity index (χ2n) is 4.88. The third-order valence-electron chi connectivity index (χ3n) is 3.03. The van der Waals surface area contributed by atoms with E-state index in [1.165, 1.54) is 0 Å². The molecule has 0 bridgehead atoms. The summed E-state index contributed by atoms with van der Waals surface area (Å²) in [5.41, 5.74) is 0.711. The van der Waals surface area contributed by atoms with Gasteiger partial charge in [-0.15, -0.1) is 0 Å². The summed E-state index contributed by atoms with van der Waals surface area (Å²) in [6, 6.07) is 6.38. The van der Waals surface area contributed by atoms with E-state index in [1.54, 1.807) is 31.2 Å². The van der Waals surface area contributed by atoms with Crippen LogP contribution in [0.25, 0.3) is 0 Å². The van der Waals surface area contributed by atoms with E-state index in [0.717, 1.165) is 6.08 Å². The number of esters is 3. The van der Waals surface area contributed by atoms with E-state index in [-0.39, 0.29) is 26.1 Å². The Bertz CT molecular complexity index is 593. The zero-order valence-electron chi connectivity index (χ0n) is 13.8. The molecule has 0 fully saturated rings. The normalized spacial score (nSPS) is 11.3. The fourth-order valence-electron chi connectivity index (χ4n) is 1.68. The highest BCUT2D eigenvalue weighted by molar-refractivity contribution is 5.81. The summed E-state index contributed by atoms with van der Waals surface area (Å²) < 4.78 is 14.5. The van der Waals surface area contributed by atoms with E-state index in [0.29, 0.717) is 11.3 Å². The highest BCUT2D eigenvalue weighted by Crippen LogP contribution is 2.19. The van der Waals surface area contributed by atoms with Crippen LogP contribution in [0.2, 0.25) is 0 Å². The summed E-state index contributed by atoms with van der Waals surface area (Å²) in [6.07, 6.45) is 0.206. The van der Waals surface area contributed by atoms with E-state index >= 15 is 0 Å². The van der Waals surface area contributed by atoms with Gasteiger partial charge in [-0.05, 0) is 24.6 Å². The Balaban J connectivity index is 2.26. The predicted molar refractivity (Wildman–Crippen MR) is 85.6 cm³/mol. The van der Waals surface area contributed by atoms with Gasteiger partial charge in [-0.2, -0.15) is 0 Å². The molecule has 0 aliphatic rings. The van der Waals surface area contributed by atoms with Crippen molar-refractivity contribution in [2.75, 3.05) is 13.2 Å². The fourth-order valence-corrected chi connectivity index (χ4v) is 1.68. The van der Waals surface area contributed by atoms with Crippen molar-refractivity contribution in [1.29, 1.82) is 0 Å². The Morgan fingerprint density at radius 1 is 1.08 bits per heavy atom. The van der Waals surface area contributed by atoms with Crippen molar-refractivity contribution in [2.45, 2.75) is 25.9 Å². The number of ether oxygens (including phenoxy) is 3. The molecule has 1 atom stereocenters. The van der Waals surface area contributed by atoms with Crippen molar-refractivity contribution >= 4 is 17.9 Å². The lowest BCUT2D eigenvalue weighted by atomic mass is 10.1. The SMILES string of the molecule is C=CC(=O)OCCOC(=O)CCC(=O)Oc1ccc([C@H](C)OO)cc1. The molecule has 25 heavy (non-hydrogen) atoms. The highest BCUT2D eigenvalue weighted by atomic mass is 17.1. The Morgan fingerprint density at radius 3 is 2.28 bits per heavy atom. The Kier molecular flexibility index (Phi) is 8.91. The summed E-state index contributed by atoms with van der Waals surface area (Å²) in [6.45, 7) is 4.70. The van der Waals surface area contributed by atoms with Gasteiger partial charge in [0.25, 0.3) is 0 Å². The molecule has 8 nitrogen and oxygen atoms in total. The summed E-state index contributed by atoms with van der Waals surface area (Å²) in [4.78, 5) is 38.1. The van der Waals surface area contributed by atoms with Crippen LogP contribution < -0.4 is 4.74 Å². The van der Waals surface area contributed by atoms with Gasteiger partial charge in [0.05, 0.1) is 12.8 Å². The molecule has 0 aliphatic carbocycles.